The molecule has 1 aliphatic rings. The lowest BCUT2D eigenvalue weighted by molar-refractivity contribution is -0.136. The summed E-state index contributed by atoms with van der Waals surface area (Å²) in [5.74, 6) is -1.22. The van der Waals surface area contributed by atoms with Crippen molar-refractivity contribution in [2.75, 3.05) is 0 Å². The predicted octanol–water partition coefficient (Wildman–Crippen LogP) is 3.58. The smallest absolute Gasteiger partial charge is 0.303 e. The molecule has 0 aromatic carbocycles. The van der Waals surface area contributed by atoms with E-state index in [0.717, 1.165) is 6.42 Å². The SMILES string of the molecule is CC/C=C\C[C@H]1[C@H](O)CC(=O)[C@@H]1/C=C/[C@H](O)C/C=C\C/C=C\CCC(=O)O. The highest BCUT2D eigenvalue weighted by Gasteiger charge is 2.39. The average Bonchev–Trinajstić information content (AvgIpc) is 2.88. The Hall–Kier alpha value is -1.98. The molecule has 1 saturated carbocycles. The minimum Gasteiger partial charge on any atom is -0.481 e. The van der Waals surface area contributed by atoms with Crippen molar-refractivity contribution in [1.29, 1.82) is 0 Å². The molecule has 0 aromatic rings. The maximum Gasteiger partial charge on any atom is 0.303 e. The molecule has 0 saturated heterocycles. The maximum atomic E-state index is 12.1. The fraction of sp³-hybridized carbons (Fsp3) is 0.545. The van der Waals surface area contributed by atoms with Crippen LogP contribution in [0.25, 0.3) is 0 Å². The zero-order valence-corrected chi connectivity index (χ0v) is 16.0. The van der Waals surface area contributed by atoms with Gasteiger partial charge in [0.15, 0.2) is 0 Å². The van der Waals surface area contributed by atoms with Gasteiger partial charge in [-0.25, -0.2) is 0 Å². The number of hydrogen-bond donors (Lipinski definition) is 3. The molecule has 0 aromatic heterocycles. The summed E-state index contributed by atoms with van der Waals surface area (Å²) >= 11 is 0. The van der Waals surface area contributed by atoms with E-state index in [-0.39, 0.29) is 30.5 Å². The van der Waals surface area contributed by atoms with Gasteiger partial charge >= 0.3 is 5.97 Å². The Morgan fingerprint density at radius 3 is 2.63 bits per heavy atom. The number of allylic oxidation sites excluding steroid dienone is 6. The maximum absolute atomic E-state index is 12.1. The lowest BCUT2D eigenvalue weighted by Gasteiger charge is -2.16. The fourth-order valence-electron chi connectivity index (χ4n) is 3.10. The van der Waals surface area contributed by atoms with Crippen LogP contribution in [0.15, 0.2) is 48.6 Å². The number of Topliss-reactive ketones (excluding diaryl/α,β-unsaturated/α-hetero) is 1. The van der Waals surface area contributed by atoms with Gasteiger partial charge in [0.05, 0.1) is 12.2 Å². The molecule has 1 rings (SSSR count). The molecule has 0 heterocycles. The average molecular weight is 376 g/mol. The van der Waals surface area contributed by atoms with Gasteiger partial charge in [-0.05, 0) is 32.1 Å². The molecule has 4 atom stereocenters. The minimum absolute atomic E-state index is 0.0305. The van der Waals surface area contributed by atoms with E-state index in [9.17, 15) is 19.8 Å². The zero-order valence-electron chi connectivity index (χ0n) is 16.0. The minimum atomic E-state index is -0.804. The quantitative estimate of drug-likeness (QED) is 0.453. The fourth-order valence-corrected chi connectivity index (χ4v) is 3.10. The van der Waals surface area contributed by atoms with Crippen LogP contribution in [0.3, 0.4) is 0 Å². The van der Waals surface area contributed by atoms with E-state index in [1.807, 2.05) is 43.4 Å². The monoisotopic (exact) mass is 376 g/mol. The molecule has 0 aliphatic heterocycles. The number of ketones is 1. The van der Waals surface area contributed by atoms with Crippen molar-refractivity contribution in [2.24, 2.45) is 11.8 Å². The number of aliphatic hydroxyl groups is 2. The Labute approximate surface area is 161 Å². The van der Waals surface area contributed by atoms with Crippen molar-refractivity contribution < 1.29 is 24.9 Å². The van der Waals surface area contributed by atoms with Gasteiger partial charge in [-0.3, -0.25) is 9.59 Å². The van der Waals surface area contributed by atoms with Crippen LogP contribution in [0.2, 0.25) is 0 Å². The Balaban J connectivity index is 2.40. The summed E-state index contributed by atoms with van der Waals surface area (Å²) in [6, 6.07) is 0. The van der Waals surface area contributed by atoms with Crippen molar-refractivity contribution >= 4 is 11.8 Å². The van der Waals surface area contributed by atoms with Gasteiger partial charge in [-0.15, -0.1) is 0 Å². The highest BCUT2D eigenvalue weighted by atomic mass is 16.4. The van der Waals surface area contributed by atoms with Crippen molar-refractivity contribution in [2.45, 2.75) is 64.1 Å². The summed E-state index contributed by atoms with van der Waals surface area (Å²) in [6.07, 6.45) is 17.2. The number of carboxylic acid groups (broad SMARTS) is 1. The number of aliphatic hydroxyl groups excluding tert-OH is 2. The third-order valence-corrected chi connectivity index (χ3v) is 4.60. The van der Waals surface area contributed by atoms with Gasteiger partial charge in [0.1, 0.15) is 5.78 Å². The summed E-state index contributed by atoms with van der Waals surface area (Å²) in [7, 11) is 0. The molecule has 1 fully saturated rings. The van der Waals surface area contributed by atoms with Gasteiger partial charge in [0, 0.05) is 24.7 Å². The van der Waals surface area contributed by atoms with E-state index in [0.29, 0.717) is 25.7 Å². The van der Waals surface area contributed by atoms with E-state index in [1.165, 1.54) is 0 Å². The Bertz CT molecular complexity index is 573. The Morgan fingerprint density at radius 2 is 1.93 bits per heavy atom. The number of aliphatic carboxylic acids is 1. The number of carboxylic acids is 1. The topological polar surface area (TPSA) is 94.8 Å². The first-order chi connectivity index (χ1) is 13.0. The Kier molecular flexibility index (Phi) is 11.3. The molecule has 5 nitrogen and oxygen atoms in total. The molecule has 0 unspecified atom stereocenters. The Morgan fingerprint density at radius 1 is 1.19 bits per heavy atom. The standard InChI is InChI=1S/C22H32O5/c1-2-3-8-12-18-19(21(25)16-20(18)24)15-14-17(23)11-9-6-4-5-7-10-13-22(26)27/h3,5-9,14-15,17-20,23-24H,2,4,10-13,16H2,1H3,(H,26,27)/b7-5-,8-3-,9-6-,15-14+/t17-,18-,19-,20-/m1/s1. The van der Waals surface area contributed by atoms with Gasteiger partial charge in [0.25, 0.3) is 0 Å². The number of rotatable bonds is 12. The highest BCUT2D eigenvalue weighted by molar-refractivity contribution is 5.86. The summed E-state index contributed by atoms with van der Waals surface area (Å²) in [6.45, 7) is 2.04. The number of carbonyl (C=O) groups excluding carboxylic acids is 1. The first-order valence-electron chi connectivity index (χ1n) is 9.69. The second-order valence-corrected chi connectivity index (χ2v) is 6.84. The molecule has 3 N–H and O–H groups in total. The lowest BCUT2D eigenvalue weighted by atomic mass is 9.90. The van der Waals surface area contributed by atoms with E-state index in [1.54, 1.807) is 12.2 Å². The van der Waals surface area contributed by atoms with Crippen LogP contribution >= 0.6 is 0 Å². The molecular weight excluding hydrogens is 344 g/mol. The summed E-state index contributed by atoms with van der Waals surface area (Å²) < 4.78 is 0. The van der Waals surface area contributed by atoms with Gasteiger partial charge in [-0.1, -0.05) is 55.5 Å². The first-order valence-corrected chi connectivity index (χ1v) is 9.69. The molecule has 0 amide bonds. The zero-order chi connectivity index (χ0) is 20.1. The molecule has 0 spiro atoms. The highest BCUT2D eigenvalue weighted by Crippen LogP contribution is 2.33. The largest absolute Gasteiger partial charge is 0.481 e. The summed E-state index contributed by atoms with van der Waals surface area (Å²) in [5.41, 5.74) is 0. The van der Waals surface area contributed by atoms with Crippen LogP contribution in [0.1, 0.15) is 51.9 Å². The number of hydrogen-bond acceptors (Lipinski definition) is 4. The van der Waals surface area contributed by atoms with Crippen LogP contribution in [0, 0.1) is 11.8 Å². The van der Waals surface area contributed by atoms with Crippen molar-refractivity contribution in [3.05, 3.63) is 48.6 Å². The van der Waals surface area contributed by atoms with E-state index in [4.69, 9.17) is 5.11 Å². The van der Waals surface area contributed by atoms with Crippen LogP contribution in [0.4, 0.5) is 0 Å². The summed E-state index contributed by atoms with van der Waals surface area (Å²) in [4.78, 5) is 22.5. The molecule has 1 aliphatic carbocycles. The van der Waals surface area contributed by atoms with Crippen LogP contribution < -0.4 is 0 Å². The molecule has 27 heavy (non-hydrogen) atoms. The van der Waals surface area contributed by atoms with Crippen molar-refractivity contribution in [1.82, 2.24) is 0 Å². The van der Waals surface area contributed by atoms with E-state index < -0.39 is 18.2 Å². The van der Waals surface area contributed by atoms with Gasteiger partial charge in [-0.2, -0.15) is 0 Å². The first kappa shape index (κ1) is 23.1. The molecule has 5 heteroatoms. The van der Waals surface area contributed by atoms with Crippen LogP contribution in [-0.2, 0) is 9.59 Å². The van der Waals surface area contributed by atoms with Crippen LogP contribution in [0.5, 0.6) is 0 Å². The normalized spacial score (nSPS) is 24.9. The van der Waals surface area contributed by atoms with Crippen LogP contribution in [-0.4, -0.2) is 39.3 Å². The molecule has 0 bridgehead atoms. The van der Waals surface area contributed by atoms with Gasteiger partial charge < -0.3 is 15.3 Å². The lowest BCUT2D eigenvalue weighted by Crippen LogP contribution is -2.19. The molecule has 150 valence electrons. The molecule has 0 radical (unpaired) electrons. The van der Waals surface area contributed by atoms with E-state index in [2.05, 4.69) is 0 Å². The predicted molar refractivity (Wildman–Crippen MR) is 106 cm³/mol. The second-order valence-electron chi connectivity index (χ2n) is 6.84. The van der Waals surface area contributed by atoms with Gasteiger partial charge in [0.2, 0.25) is 0 Å². The number of carbonyl (C=O) groups is 2. The van der Waals surface area contributed by atoms with Crippen molar-refractivity contribution in [3.63, 3.8) is 0 Å². The summed E-state index contributed by atoms with van der Waals surface area (Å²) in [5, 5.41) is 28.7. The van der Waals surface area contributed by atoms with E-state index >= 15 is 0 Å². The molecular formula is C22H32O5. The van der Waals surface area contributed by atoms with Crippen molar-refractivity contribution in [3.8, 4) is 0 Å². The second kappa shape index (κ2) is 13.2. The third-order valence-electron chi connectivity index (χ3n) is 4.60. The third kappa shape index (κ3) is 9.50.